The summed E-state index contributed by atoms with van der Waals surface area (Å²) in [6.07, 6.45) is 0.0133. The standard InChI is InChI=1S/C17H20F3N3O/c1-12(13-3-5-14(6-4-13)17(18,19)20)9-16(24)22-8-7-15-10-21-11-23(15)2/h3-6,10-12H,7-9H2,1-2H3,(H,22,24)/t12-/m0/s1. The molecule has 130 valence electrons. The number of carbonyl (C=O) groups is 1. The van der Waals surface area contributed by atoms with Crippen molar-refractivity contribution in [3.05, 3.63) is 53.6 Å². The molecule has 4 nitrogen and oxygen atoms in total. The number of nitrogens with zero attached hydrogens (tertiary/aromatic N) is 2. The van der Waals surface area contributed by atoms with Gasteiger partial charge in [0.05, 0.1) is 11.9 Å². The molecular formula is C17H20F3N3O. The lowest BCUT2D eigenvalue weighted by Crippen LogP contribution is -2.27. The second-order valence-corrected chi connectivity index (χ2v) is 5.82. The number of halogens is 3. The lowest BCUT2D eigenvalue weighted by atomic mass is 9.96. The molecule has 0 radical (unpaired) electrons. The van der Waals surface area contributed by atoms with E-state index < -0.39 is 11.7 Å². The number of amides is 1. The molecule has 1 heterocycles. The second-order valence-electron chi connectivity index (χ2n) is 5.82. The summed E-state index contributed by atoms with van der Waals surface area (Å²) in [4.78, 5) is 16.0. The van der Waals surface area contributed by atoms with E-state index in [1.165, 1.54) is 12.1 Å². The smallest absolute Gasteiger partial charge is 0.356 e. The molecule has 0 aliphatic rings. The normalized spacial score (nSPS) is 12.9. The Bertz CT molecular complexity index is 677. The Balaban J connectivity index is 1.81. The third kappa shape index (κ3) is 4.84. The van der Waals surface area contributed by atoms with Crippen LogP contribution in [0.4, 0.5) is 13.2 Å². The number of alkyl halides is 3. The van der Waals surface area contributed by atoms with Gasteiger partial charge >= 0.3 is 6.18 Å². The Kier molecular flexibility index (Phi) is 5.64. The molecule has 24 heavy (non-hydrogen) atoms. The SMILES string of the molecule is C[C@@H](CC(=O)NCCc1cncn1C)c1ccc(C(F)(F)F)cc1. The molecule has 0 saturated heterocycles. The average molecular weight is 339 g/mol. The van der Waals surface area contributed by atoms with E-state index in [0.29, 0.717) is 18.5 Å². The van der Waals surface area contributed by atoms with E-state index in [4.69, 9.17) is 0 Å². The van der Waals surface area contributed by atoms with Crippen molar-refractivity contribution < 1.29 is 18.0 Å². The number of aryl methyl sites for hydroxylation is 1. The lowest BCUT2D eigenvalue weighted by Gasteiger charge is -2.13. The first-order valence-corrected chi connectivity index (χ1v) is 7.66. The van der Waals surface area contributed by atoms with E-state index in [1.807, 2.05) is 18.5 Å². The molecular weight excluding hydrogens is 319 g/mol. The number of nitrogens with one attached hydrogen (secondary N) is 1. The van der Waals surface area contributed by atoms with Gasteiger partial charge in [0, 0.05) is 38.3 Å². The zero-order chi connectivity index (χ0) is 17.7. The highest BCUT2D eigenvalue weighted by molar-refractivity contribution is 5.76. The van der Waals surface area contributed by atoms with Crippen LogP contribution < -0.4 is 5.32 Å². The fourth-order valence-electron chi connectivity index (χ4n) is 2.42. The van der Waals surface area contributed by atoms with E-state index >= 15 is 0 Å². The zero-order valence-corrected chi connectivity index (χ0v) is 13.6. The molecule has 1 amide bonds. The quantitative estimate of drug-likeness (QED) is 0.878. The summed E-state index contributed by atoms with van der Waals surface area (Å²) in [6, 6.07) is 4.95. The minimum atomic E-state index is -4.34. The summed E-state index contributed by atoms with van der Waals surface area (Å²) in [5.74, 6) is -0.270. The fourth-order valence-corrected chi connectivity index (χ4v) is 2.42. The number of benzene rings is 1. The van der Waals surface area contributed by atoms with E-state index in [1.54, 1.807) is 12.5 Å². The van der Waals surface area contributed by atoms with E-state index in [2.05, 4.69) is 10.3 Å². The van der Waals surface area contributed by atoms with E-state index in [-0.39, 0.29) is 18.2 Å². The average Bonchev–Trinajstić information content (AvgIpc) is 2.92. The predicted octanol–water partition coefficient (Wildman–Crippen LogP) is 3.29. The molecule has 2 rings (SSSR count). The minimum absolute atomic E-state index is 0.121. The van der Waals surface area contributed by atoms with Gasteiger partial charge in [-0.25, -0.2) is 4.98 Å². The van der Waals surface area contributed by atoms with Crippen molar-refractivity contribution in [3.8, 4) is 0 Å². The lowest BCUT2D eigenvalue weighted by molar-refractivity contribution is -0.137. The van der Waals surface area contributed by atoms with Crippen LogP contribution >= 0.6 is 0 Å². The Morgan fingerprint density at radius 3 is 2.50 bits per heavy atom. The van der Waals surface area contributed by atoms with Crippen LogP contribution in [0.25, 0.3) is 0 Å². The summed E-state index contributed by atoms with van der Waals surface area (Å²) in [5.41, 5.74) is 1.05. The zero-order valence-electron chi connectivity index (χ0n) is 13.6. The summed E-state index contributed by atoms with van der Waals surface area (Å²) >= 11 is 0. The summed E-state index contributed by atoms with van der Waals surface area (Å²) < 4.78 is 39.5. The maximum atomic E-state index is 12.5. The van der Waals surface area contributed by atoms with Crippen LogP contribution in [-0.2, 0) is 24.4 Å². The van der Waals surface area contributed by atoms with E-state index in [9.17, 15) is 18.0 Å². The van der Waals surface area contributed by atoms with Crippen molar-refractivity contribution in [3.63, 3.8) is 0 Å². The van der Waals surface area contributed by atoms with Crippen molar-refractivity contribution in [2.45, 2.75) is 31.9 Å². The molecule has 0 bridgehead atoms. The van der Waals surface area contributed by atoms with Crippen LogP contribution in [0.15, 0.2) is 36.8 Å². The summed E-state index contributed by atoms with van der Waals surface area (Å²) in [7, 11) is 1.89. The van der Waals surface area contributed by atoms with Gasteiger partial charge in [0.15, 0.2) is 0 Å². The van der Waals surface area contributed by atoms with Gasteiger partial charge in [0.25, 0.3) is 0 Å². The summed E-state index contributed by atoms with van der Waals surface area (Å²) in [5, 5.41) is 2.82. The van der Waals surface area contributed by atoms with Gasteiger partial charge in [0.1, 0.15) is 0 Å². The molecule has 0 spiro atoms. The molecule has 1 atom stereocenters. The van der Waals surface area contributed by atoms with Gasteiger partial charge in [-0.05, 0) is 23.6 Å². The van der Waals surface area contributed by atoms with Crippen LogP contribution in [0.2, 0.25) is 0 Å². The van der Waals surface area contributed by atoms with Crippen molar-refractivity contribution in [2.24, 2.45) is 7.05 Å². The van der Waals surface area contributed by atoms with Crippen LogP contribution in [0.1, 0.15) is 36.1 Å². The molecule has 1 aromatic carbocycles. The van der Waals surface area contributed by atoms with Gasteiger partial charge in [0.2, 0.25) is 5.91 Å². The topological polar surface area (TPSA) is 46.9 Å². The van der Waals surface area contributed by atoms with Crippen LogP contribution in [0.3, 0.4) is 0 Å². The van der Waals surface area contributed by atoms with Crippen molar-refractivity contribution >= 4 is 5.91 Å². The number of rotatable bonds is 6. The molecule has 0 fully saturated rings. The van der Waals surface area contributed by atoms with Gasteiger partial charge in [-0.3, -0.25) is 4.79 Å². The number of hydrogen-bond acceptors (Lipinski definition) is 2. The van der Waals surface area contributed by atoms with Crippen molar-refractivity contribution in [2.75, 3.05) is 6.54 Å². The van der Waals surface area contributed by atoms with Gasteiger partial charge in [-0.15, -0.1) is 0 Å². The van der Waals surface area contributed by atoms with Gasteiger partial charge in [-0.2, -0.15) is 13.2 Å². The number of carbonyl (C=O) groups excluding carboxylic acids is 1. The summed E-state index contributed by atoms with van der Waals surface area (Å²) in [6.45, 7) is 2.32. The number of aromatic nitrogens is 2. The van der Waals surface area contributed by atoms with Gasteiger partial charge < -0.3 is 9.88 Å². The minimum Gasteiger partial charge on any atom is -0.356 e. The third-order valence-electron chi connectivity index (χ3n) is 3.92. The Hall–Kier alpha value is -2.31. The molecule has 7 heteroatoms. The maximum Gasteiger partial charge on any atom is 0.416 e. The van der Waals surface area contributed by atoms with Crippen molar-refractivity contribution in [1.29, 1.82) is 0 Å². The van der Waals surface area contributed by atoms with Crippen LogP contribution in [0.5, 0.6) is 0 Å². The molecule has 0 aliphatic heterocycles. The Labute approximate surface area is 138 Å². The van der Waals surface area contributed by atoms with Crippen LogP contribution in [-0.4, -0.2) is 22.0 Å². The van der Waals surface area contributed by atoms with Crippen molar-refractivity contribution in [1.82, 2.24) is 14.9 Å². The van der Waals surface area contributed by atoms with Crippen LogP contribution in [0, 0.1) is 0 Å². The Morgan fingerprint density at radius 2 is 1.96 bits per heavy atom. The number of imidazole rings is 1. The molecule has 1 aromatic heterocycles. The maximum absolute atomic E-state index is 12.5. The molecule has 0 aliphatic carbocycles. The highest BCUT2D eigenvalue weighted by atomic mass is 19.4. The first-order chi connectivity index (χ1) is 11.3. The third-order valence-corrected chi connectivity index (χ3v) is 3.92. The fraction of sp³-hybridized carbons (Fsp3) is 0.412. The molecule has 1 N–H and O–H groups in total. The highest BCUT2D eigenvalue weighted by Crippen LogP contribution is 2.30. The van der Waals surface area contributed by atoms with Gasteiger partial charge in [-0.1, -0.05) is 19.1 Å². The largest absolute Gasteiger partial charge is 0.416 e. The second kappa shape index (κ2) is 7.51. The predicted molar refractivity (Wildman–Crippen MR) is 84.4 cm³/mol. The molecule has 0 unspecified atom stereocenters. The number of hydrogen-bond donors (Lipinski definition) is 1. The van der Waals surface area contributed by atoms with E-state index in [0.717, 1.165) is 17.8 Å². The molecule has 2 aromatic rings. The molecule has 0 saturated carbocycles. The Morgan fingerprint density at radius 1 is 1.29 bits per heavy atom. The highest BCUT2D eigenvalue weighted by Gasteiger charge is 2.30. The first-order valence-electron chi connectivity index (χ1n) is 7.66. The monoisotopic (exact) mass is 339 g/mol. The first kappa shape index (κ1) is 18.0.